The molecule has 1 aliphatic heterocycles. The Morgan fingerprint density at radius 2 is 1.28 bits per heavy atom. The molecule has 0 amide bonds. The molecular weight excluding hydrogens is 541 g/mol. The summed E-state index contributed by atoms with van der Waals surface area (Å²) in [6.45, 7) is 13.8. The molecule has 0 atom stereocenters. The third-order valence-electron chi connectivity index (χ3n) is 8.78. The second kappa shape index (κ2) is 10.4. The molecule has 214 valence electrons. The molecule has 0 N–H and O–H groups in total. The minimum Gasteiger partial charge on any atom is -0.539 e. The van der Waals surface area contributed by atoms with Crippen LogP contribution < -0.4 is 9.61 Å². The lowest BCUT2D eigenvalue weighted by atomic mass is 9.88. The van der Waals surface area contributed by atoms with Crippen LogP contribution in [0.5, 0.6) is 5.75 Å². The van der Waals surface area contributed by atoms with Crippen LogP contribution in [-0.2, 0) is 0 Å². The van der Waals surface area contributed by atoms with Crippen LogP contribution in [0.4, 0.5) is 0 Å². The molecule has 0 radical (unpaired) electrons. The smallest absolute Gasteiger partial charge is 0.277 e. The highest BCUT2D eigenvalue weighted by Gasteiger charge is 2.36. The predicted molar refractivity (Wildman–Crippen MR) is 183 cm³/mol. The molecule has 4 heteroatoms. The average molecular weight is 579 g/mol. The maximum absolute atomic E-state index is 6.82. The highest BCUT2D eigenvalue weighted by atomic mass is 28.4. The third kappa shape index (κ3) is 4.61. The van der Waals surface area contributed by atoms with Crippen LogP contribution in [0.3, 0.4) is 0 Å². The van der Waals surface area contributed by atoms with E-state index < -0.39 is 8.32 Å². The summed E-state index contributed by atoms with van der Waals surface area (Å²) >= 11 is 0. The molecule has 5 aromatic carbocycles. The van der Waals surface area contributed by atoms with Gasteiger partial charge in [-0.05, 0) is 94.3 Å². The highest BCUT2D eigenvalue weighted by molar-refractivity contribution is 6.86. The van der Waals surface area contributed by atoms with Crippen LogP contribution in [0.2, 0.25) is 13.1 Å². The van der Waals surface area contributed by atoms with Crippen LogP contribution in [-0.4, -0.2) is 17.9 Å². The molecule has 0 unspecified atom stereocenters. The number of rotatable bonds is 5. The molecule has 2 heterocycles. The lowest BCUT2D eigenvalue weighted by Crippen LogP contribution is -2.50. The first kappa shape index (κ1) is 27.4. The second-order valence-corrected chi connectivity index (χ2v) is 16.6. The van der Waals surface area contributed by atoms with Gasteiger partial charge >= 0.3 is 0 Å². The summed E-state index contributed by atoms with van der Waals surface area (Å²) in [6, 6.07) is 39.4. The molecule has 0 saturated carbocycles. The number of aromatic nitrogens is 2. The van der Waals surface area contributed by atoms with Gasteiger partial charge in [0.25, 0.3) is 8.32 Å². The van der Waals surface area contributed by atoms with Gasteiger partial charge in [-0.2, -0.15) is 0 Å². The molecule has 6 aromatic rings. The molecule has 1 aliphatic rings. The molecule has 0 spiro atoms. The Morgan fingerprint density at radius 3 is 2.00 bits per heavy atom. The minimum atomic E-state index is -2.11. The lowest BCUT2D eigenvalue weighted by molar-refractivity contribution is 0.563. The van der Waals surface area contributed by atoms with Gasteiger partial charge < -0.3 is 4.43 Å². The topological polar surface area (TPSA) is 27.1 Å². The first-order valence-electron chi connectivity index (χ1n) is 15.4. The van der Waals surface area contributed by atoms with E-state index in [0.717, 1.165) is 33.7 Å². The standard InChI is InChI=1S/C39H38N2OSi/c1-25(2)32-22-29(27-14-8-7-9-15-27)23-33(26(3)4)38(32)41-35-18-12-11-17-34(35)40-39(41)28-20-21-30-31-16-10-13-19-37(31)43(5,6)42-36(30)24-28/h7-26H,1-6H3. The fourth-order valence-electron chi connectivity index (χ4n) is 6.60. The van der Waals surface area contributed by atoms with Gasteiger partial charge in [-0.3, -0.25) is 4.57 Å². The van der Waals surface area contributed by atoms with Crippen LogP contribution >= 0.6 is 0 Å². The van der Waals surface area contributed by atoms with E-state index in [-0.39, 0.29) is 0 Å². The van der Waals surface area contributed by atoms with Gasteiger partial charge in [0.1, 0.15) is 11.6 Å². The lowest BCUT2D eigenvalue weighted by Gasteiger charge is -2.33. The van der Waals surface area contributed by atoms with Crippen molar-refractivity contribution in [2.45, 2.75) is 52.6 Å². The number of para-hydroxylation sites is 2. The van der Waals surface area contributed by atoms with E-state index >= 15 is 0 Å². The second-order valence-electron chi connectivity index (χ2n) is 12.8. The first-order chi connectivity index (χ1) is 20.7. The fraction of sp³-hybridized carbons (Fsp3) is 0.205. The summed E-state index contributed by atoms with van der Waals surface area (Å²) in [5, 5.41) is 1.35. The van der Waals surface area contributed by atoms with E-state index in [4.69, 9.17) is 9.41 Å². The summed E-state index contributed by atoms with van der Waals surface area (Å²) in [7, 11) is -2.11. The molecule has 3 nitrogen and oxygen atoms in total. The van der Waals surface area contributed by atoms with Crippen LogP contribution in [0.1, 0.15) is 50.7 Å². The molecule has 0 aliphatic carbocycles. The van der Waals surface area contributed by atoms with Crippen LogP contribution in [0.15, 0.2) is 109 Å². The summed E-state index contributed by atoms with van der Waals surface area (Å²) in [6.07, 6.45) is 0. The van der Waals surface area contributed by atoms with Gasteiger partial charge in [0, 0.05) is 11.1 Å². The number of nitrogens with zero attached hydrogens (tertiary/aromatic N) is 2. The minimum absolute atomic E-state index is 0.320. The van der Waals surface area contributed by atoms with Crippen LogP contribution in [0, 0.1) is 0 Å². The third-order valence-corrected chi connectivity index (χ3v) is 11.2. The molecule has 43 heavy (non-hydrogen) atoms. The Bertz CT molecular complexity index is 1960. The van der Waals surface area contributed by atoms with E-state index in [9.17, 15) is 0 Å². The number of hydrogen-bond donors (Lipinski definition) is 0. The summed E-state index contributed by atoms with van der Waals surface area (Å²) in [5.74, 6) is 2.54. The van der Waals surface area contributed by atoms with Gasteiger partial charge in [-0.1, -0.05) is 100 Å². The Balaban J connectivity index is 1.50. The molecule has 0 fully saturated rings. The Labute approximate surface area is 256 Å². The first-order valence-corrected chi connectivity index (χ1v) is 18.3. The van der Waals surface area contributed by atoms with E-state index in [1.807, 2.05) is 0 Å². The van der Waals surface area contributed by atoms with Gasteiger partial charge in [-0.15, -0.1) is 0 Å². The van der Waals surface area contributed by atoms with E-state index in [1.54, 1.807) is 0 Å². The molecule has 0 saturated heterocycles. The van der Waals surface area contributed by atoms with Crippen LogP contribution in [0.25, 0.3) is 50.4 Å². The number of hydrogen-bond acceptors (Lipinski definition) is 2. The SMILES string of the molecule is CC(C)c1cc(-c2ccccc2)cc(C(C)C)c1-n1c(-c2ccc3c(c2)O[Si](C)(C)c2ccccc2-3)nc2ccccc21. The monoisotopic (exact) mass is 578 g/mol. The van der Waals surface area contributed by atoms with Crippen molar-refractivity contribution in [3.05, 3.63) is 120 Å². The fourth-order valence-corrected chi connectivity index (χ4v) is 8.80. The number of fused-ring (bicyclic) bond motifs is 4. The predicted octanol–water partition coefficient (Wildman–Crippen LogP) is 10.1. The van der Waals surface area contributed by atoms with Crippen molar-refractivity contribution in [3.8, 4) is 45.1 Å². The summed E-state index contributed by atoms with van der Waals surface area (Å²) < 4.78 is 9.23. The van der Waals surface area contributed by atoms with Gasteiger partial charge in [0.05, 0.1) is 16.7 Å². The quantitative estimate of drug-likeness (QED) is 0.190. The zero-order valence-electron chi connectivity index (χ0n) is 25.8. The van der Waals surface area contributed by atoms with Crippen molar-refractivity contribution in [2.24, 2.45) is 0 Å². The largest absolute Gasteiger partial charge is 0.539 e. The maximum Gasteiger partial charge on any atom is 0.277 e. The zero-order chi connectivity index (χ0) is 29.9. The Kier molecular flexibility index (Phi) is 6.63. The molecular formula is C39H38N2OSi. The van der Waals surface area contributed by atoms with E-state index in [2.05, 4.69) is 155 Å². The number of benzene rings is 5. The molecule has 7 rings (SSSR count). The van der Waals surface area contributed by atoms with Crippen molar-refractivity contribution in [1.29, 1.82) is 0 Å². The Hall–Kier alpha value is -4.41. The normalized spacial score (nSPS) is 13.7. The van der Waals surface area contributed by atoms with Crippen molar-refractivity contribution >= 4 is 24.5 Å². The van der Waals surface area contributed by atoms with E-state index in [0.29, 0.717) is 11.8 Å². The average Bonchev–Trinajstić information content (AvgIpc) is 3.39. The van der Waals surface area contributed by atoms with Crippen molar-refractivity contribution < 1.29 is 4.43 Å². The van der Waals surface area contributed by atoms with Gasteiger partial charge in [0.2, 0.25) is 0 Å². The zero-order valence-corrected chi connectivity index (χ0v) is 26.8. The van der Waals surface area contributed by atoms with Gasteiger partial charge in [0.15, 0.2) is 0 Å². The van der Waals surface area contributed by atoms with Crippen molar-refractivity contribution in [1.82, 2.24) is 9.55 Å². The Morgan fingerprint density at radius 1 is 0.628 bits per heavy atom. The van der Waals surface area contributed by atoms with Crippen molar-refractivity contribution in [3.63, 3.8) is 0 Å². The molecule has 1 aromatic heterocycles. The maximum atomic E-state index is 6.82. The number of imidazole rings is 1. The summed E-state index contributed by atoms with van der Waals surface area (Å²) in [5.41, 5.74) is 12.0. The van der Waals surface area contributed by atoms with E-state index in [1.165, 1.54) is 38.7 Å². The summed E-state index contributed by atoms with van der Waals surface area (Å²) in [4.78, 5) is 5.29. The van der Waals surface area contributed by atoms with Crippen molar-refractivity contribution in [2.75, 3.05) is 0 Å². The van der Waals surface area contributed by atoms with Gasteiger partial charge in [-0.25, -0.2) is 4.98 Å². The molecule has 0 bridgehead atoms. The highest BCUT2D eigenvalue weighted by Crippen LogP contribution is 2.43.